The summed E-state index contributed by atoms with van der Waals surface area (Å²) < 4.78 is 5.61. The molecule has 0 heterocycles. The lowest BCUT2D eigenvalue weighted by atomic mass is 10.1. The third-order valence-corrected chi connectivity index (χ3v) is 5.40. The Kier molecular flexibility index (Phi) is 7.94. The highest BCUT2D eigenvalue weighted by atomic mass is 35.5. The van der Waals surface area contributed by atoms with Crippen LogP contribution in [-0.2, 0) is 5.75 Å². The summed E-state index contributed by atoms with van der Waals surface area (Å²) in [6.45, 7) is 3.96. The van der Waals surface area contributed by atoms with E-state index in [-0.39, 0.29) is 12.0 Å². The molecule has 0 saturated carbocycles. The molecule has 0 saturated heterocycles. The van der Waals surface area contributed by atoms with Gasteiger partial charge in [0.25, 0.3) is 5.91 Å². The minimum Gasteiger partial charge on any atom is -0.491 e. The van der Waals surface area contributed by atoms with E-state index in [0.29, 0.717) is 5.56 Å². The van der Waals surface area contributed by atoms with Crippen LogP contribution in [0.15, 0.2) is 82.8 Å². The highest BCUT2D eigenvalue weighted by Crippen LogP contribution is 2.24. The van der Waals surface area contributed by atoms with Gasteiger partial charge in [-0.15, -0.1) is 11.8 Å². The lowest BCUT2D eigenvalue weighted by Gasteiger charge is -2.09. The van der Waals surface area contributed by atoms with Crippen molar-refractivity contribution in [3.05, 3.63) is 94.5 Å². The second-order valence-corrected chi connectivity index (χ2v) is 8.36. The van der Waals surface area contributed by atoms with E-state index in [0.717, 1.165) is 32.5 Å². The molecule has 30 heavy (non-hydrogen) atoms. The molecule has 0 aromatic heterocycles. The number of nitrogens with one attached hydrogen (secondary N) is 1. The first-order valence-electron chi connectivity index (χ1n) is 9.57. The number of carbonyl (C=O) groups is 1. The van der Waals surface area contributed by atoms with Gasteiger partial charge in [-0.05, 0) is 85.6 Å². The molecule has 0 bridgehead atoms. The van der Waals surface area contributed by atoms with Crippen molar-refractivity contribution in [2.45, 2.75) is 30.6 Å². The summed E-state index contributed by atoms with van der Waals surface area (Å²) in [6, 6.07) is 22.8. The normalized spacial score (nSPS) is 11.1. The summed E-state index contributed by atoms with van der Waals surface area (Å²) in [7, 11) is 0. The minimum atomic E-state index is -0.247. The van der Waals surface area contributed by atoms with Crippen LogP contribution in [-0.4, -0.2) is 18.2 Å². The average Bonchev–Trinajstić information content (AvgIpc) is 2.74. The van der Waals surface area contributed by atoms with Crippen molar-refractivity contribution in [1.29, 1.82) is 0 Å². The number of carbonyl (C=O) groups excluding carboxylic acids is 1. The Morgan fingerprint density at radius 2 is 1.70 bits per heavy atom. The fraction of sp³-hybridized carbons (Fsp3) is 0.167. The van der Waals surface area contributed by atoms with E-state index in [9.17, 15) is 4.79 Å². The molecule has 4 nitrogen and oxygen atoms in total. The number of hydrogen-bond donors (Lipinski definition) is 1. The van der Waals surface area contributed by atoms with Crippen LogP contribution in [0.25, 0.3) is 0 Å². The van der Waals surface area contributed by atoms with Crippen LogP contribution in [0.3, 0.4) is 0 Å². The van der Waals surface area contributed by atoms with Crippen molar-refractivity contribution in [2.24, 2.45) is 5.10 Å². The van der Waals surface area contributed by atoms with Crippen LogP contribution in [0.5, 0.6) is 5.75 Å². The van der Waals surface area contributed by atoms with Crippen molar-refractivity contribution in [3.8, 4) is 5.75 Å². The summed E-state index contributed by atoms with van der Waals surface area (Å²) in [4.78, 5) is 13.4. The molecule has 0 aliphatic rings. The van der Waals surface area contributed by atoms with E-state index < -0.39 is 0 Å². The zero-order valence-electron chi connectivity index (χ0n) is 16.8. The highest BCUT2D eigenvalue weighted by molar-refractivity contribution is 7.98. The van der Waals surface area contributed by atoms with E-state index in [2.05, 4.69) is 10.5 Å². The number of hydrazone groups is 1. The predicted octanol–water partition coefficient (Wildman–Crippen LogP) is 6.18. The fourth-order valence-electron chi connectivity index (χ4n) is 2.58. The summed E-state index contributed by atoms with van der Waals surface area (Å²) >= 11 is 7.63. The Balaban J connectivity index is 1.49. The van der Waals surface area contributed by atoms with E-state index >= 15 is 0 Å². The van der Waals surface area contributed by atoms with Crippen LogP contribution in [0.2, 0.25) is 5.02 Å². The number of ether oxygens (including phenoxy) is 1. The number of thioether (sulfide) groups is 1. The van der Waals surface area contributed by atoms with Gasteiger partial charge in [0.1, 0.15) is 5.75 Å². The Bertz CT molecular complexity index is 985. The van der Waals surface area contributed by atoms with Gasteiger partial charge < -0.3 is 4.74 Å². The summed E-state index contributed by atoms with van der Waals surface area (Å²) in [5, 5.41) is 4.76. The molecule has 0 radical (unpaired) electrons. The molecule has 0 atom stereocenters. The molecule has 0 aliphatic heterocycles. The lowest BCUT2D eigenvalue weighted by molar-refractivity contribution is 0.0955. The molecular formula is C24H23ClN2O2S. The second kappa shape index (κ2) is 10.9. The van der Waals surface area contributed by atoms with E-state index in [4.69, 9.17) is 16.3 Å². The van der Waals surface area contributed by atoms with Crippen molar-refractivity contribution in [2.75, 3.05) is 0 Å². The standard InChI is InChI=1S/C24H23ClN2O2S/c1-17(2)29-22-11-5-18(6-12-22)15-26-27-24(28)20-7-3-19(4-8-20)16-30-23-13-9-21(25)10-14-23/h3-15,17H,16H2,1-2H3,(H,27,28)/b26-15+. The molecule has 0 spiro atoms. The fourth-order valence-corrected chi connectivity index (χ4v) is 3.56. The van der Waals surface area contributed by atoms with Crippen LogP contribution in [0.1, 0.15) is 35.3 Å². The largest absolute Gasteiger partial charge is 0.491 e. The third-order valence-electron chi connectivity index (χ3n) is 4.07. The third kappa shape index (κ3) is 6.94. The first-order chi connectivity index (χ1) is 14.5. The molecule has 6 heteroatoms. The molecule has 3 rings (SSSR count). The molecule has 3 aromatic carbocycles. The molecular weight excluding hydrogens is 416 g/mol. The smallest absolute Gasteiger partial charge is 0.271 e. The molecule has 0 aliphatic carbocycles. The summed E-state index contributed by atoms with van der Waals surface area (Å²) in [5.74, 6) is 1.38. The van der Waals surface area contributed by atoms with Gasteiger partial charge in [0.15, 0.2) is 0 Å². The maximum atomic E-state index is 12.3. The number of rotatable bonds is 8. The van der Waals surface area contributed by atoms with Gasteiger partial charge in [-0.2, -0.15) is 5.10 Å². The Morgan fingerprint density at radius 3 is 2.33 bits per heavy atom. The maximum Gasteiger partial charge on any atom is 0.271 e. The Morgan fingerprint density at radius 1 is 1.03 bits per heavy atom. The van der Waals surface area contributed by atoms with Crippen molar-refractivity contribution in [3.63, 3.8) is 0 Å². The van der Waals surface area contributed by atoms with Crippen molar-refractivity contribution < 1.29 is 9.53 Å². The average molecular weight is 439 g/mol. The van der Waals surface area contributed by atoms with Gasteiger partial charge in [0, 0.05) is 21.2 Å². The molecule has 3 aromatic rings. The van der Waals surface area contributed by atoms with Crippen LogP contribution < -0.4 is 10.2 Å². The van der Waals surface area contributed by atoms with Gasteiger partial charge >= 0.3 is 0 Å². The first-order valence-corrected chi connectivity index (χ1v) is 10.9. The monoisotopic (exact) mass is 438 g/mol. The molecule has 1 N–H and O–H groups in total. The van der Waals surface area contributed by atoms with Gasteiger partial charge in [-0.1, -0.05) is 23.7 Å². The van der Waals surface area contributed by atoms with Gasteiger partial charge in [0.2, 0.25) is 0 Å². The van der Waals surface area contributed by atoms with Gasteiger partial charge in [0.05, 0.1) is 12.3 Å². The number of nitrogens with zero attached hydrogens (tertiary/aromatic N) is 1. The zero-order chi connectivity index (χ0) is 21.3. The highest BCUT2D eigenvalue weighted by Gasteiger charge is 2.05. The molecule has 0 unspecified atom stereocenters. The minimum absolute atomic E-state index is 0.131. The number of halogens is 1. The van der Waals surface area contributed by atoms with Crippen LogP contribution in [0.4, 0.5) is 0 Å². The van der Waals surface area contributed by atoms with Crippen molar-refractivity contribution >= 4 is 35.5 Å². The van der Waals surface area contributed by atoms with Crippen LogP contribution in [0, 0.1) is 0 Å². The van der Waals surface area contributed by atoms with E-state index in [1.807, 2.05) is 74.5 Å². The quantitative estimate of drug-likeness (QED) is 0.259. The first kappa shape index (κ1) is 21.9. The summed E-state index contributed by atoms with van der Waals surface area (Å²) in [5.41, 5.74) is 5.14. The number of amides is 1. The SMILES string of the molecule is CC(C)Oc1ccc(/C=N/NC(=O)c2ccc(CSc3ccc(Cl)cc3)cc2)cc1. The molecule has 0 fully saturated rings. The number of benzene rings is 3. The Labute approximate surface area is 186 Å². The predicted molar refractivity (Wildman–Crippen MR) is 125 cm³/mol. The van der Waals surface area contributed by atoms with Crippen molar-refractivity contribution in [1.82, 2.24) is 5.43 Å². The zero-order valence-corrected chi connectivity index (χ0v) is 18.4. The van der Waals surface area contributed by atoms with E-state index in [1.165, 1.54) is 0 Å². The topological polar surface area (TPSA) is 50.7 Å². The van der Waals surface area contributed by atoms with E-state index in [1.54, 1.807) is 30.1 Å². The second-order valence-electron chi connectivity index (χ2n) is 6.87. The molecule has 1 amide bonds. The Hall–Kier alpha value is -2.76. The van der Waals surface area contributed by atoms with Crippen LogP contribution >= 0.6 is 23.4 Å². The lowest BCUT2D eigenvalue weighted by Crippen LogP contribution is -2.17. The maximum absolute atomic E-state index is 12.3. The summed E-state index contributed by atoms with van der Waals surface area (Å²) in [6.07, 6.45) is 1.74. The number of hydrogen-bond acceptors (Lipinski definition) is 4. The van der Waals surface area contributed by atoms with Gasteiger partial charge in [-0.25, -0.2) is 5.43 Å². The molecule has 154 valence electrons. The van der Waals surface area contributed by atoms with Gasteiger partial charge in [-0.3, -0.25) is 4.79 Å².